The molecule has 0 saturated carbocycles. The van der Waals surface area contributed by atoms with Gasteiger partial charge in [0.2, 0.25) is 0 Å². The molecule has 22 heavy (non-hydrogen) atoms. The van der Waals surface area contributed by atoms with Crippen LogP contribution in [0.5, 0.6) is 0 Å². The molecule has 3 rings (SSSR count). The number of carboxylic acids is 1. The van der Waals surface area contributed by atoms with Crippen molar-refractivity contribution in [1.29, 1.82) is 5.26 Å². The third-order valence-electron chi connectivity index (χ3n) is 3.06. The lowest BCUT2D eigenvalue weighted by atomic mass is 10.1. The molecule has 0 saturated heterocycles. The largest absolute Gasteiger partial charge is 0.477 e. The molecule has 0 atom stereocenters. The SMILES string of the molecule is N#C/C(=C\c1noc(-c2ccc3ccccc3c2)n1)C(=O)O. The molecule has 0 aliphatic heterocycles. The lowest BCUT2D eigenvalue weighted by Crippen LogP contribution is -1.97. The number of aliphatic carboxylic acids is 1. The maximum absolute atomic E-state index is 10.8. The number of benzene rings is 2. The van der Waals surface area contributed by atoms with Crippen LogP contribution in [0.3, 0.4) is 0 Å². The van der Waals surface area contributed by atoms with Gasteiger partial charge < -0.3 is 9.63 Å². The Morgan fingerprint density at radius 3 is 2.73 bits per heavy atom. The number of rotatable bonds is 3. The van der Waals surface area contributed by atoms with Crippen molar-refractivity contribution in [3.05, 3.63) is 53.9 Å². The topological polar surface area (TPSA) is 100 Å². The standard InChI is InChI=1S/C16H9N3O3/c17-9-13(16(20)21)8-14-18-15(22-19-14)12-6-5-10-3-1-2-4-11(10)7-12/h1-8H,(H,20,21)/b13-8+. The minimum Gasteiger partial charge on any atom is -0.477 e. The van der Waals surface area contributed by atoms with E-state index in [1.54, 1.807) is 6.07 Å². The number of carboxylic acid groups (broad SMARTS) is 1. The van der Waals surface area contributed by atoms with Crippen LogP contribution in [0.1, 0.15) is 5.82 Å². The van der Waals surface area contributed by atoms with Crippen molar-refractivity contribution < 1.29 is 14.4 Å². The van der Waals surface area contributed by atoms with Crippen LogP contribution >= 0.6 is 0 Å². The highest BCUT2D eigenvalue weighted by Gasteiger charge is 2.11. The monoisotopic (exact) mass is 291 g/mol. The smallest absolute Gasteiger partial charge is 0.346 e. The van der Waals surface area contributed by atoms with Crippen LogP contribution in [0, 0.1) is 11.3 Å². The minimum atomic E-state index is -1.33. The van der Waals surface area contributed by atoms with Crippen molar-refractivity contribution in [3.8, 4) is 17.5 Å². The summed E-state index contributed by atoms with van der Waals surface area (Å²) in [5, 5.41) is 23.3. The second-order valence-corrected chi connectivity index (χ2v) is 4.49. The average molecular weight is 291 g/mol. The Hall–Kier alpha value is -3.46. The van der Waals surface area contributed by atoms with Crippen molar-refractivity contribution in [2.75, 3.05) is 0 Å². The van der Waals surface area contributed by atoms with E-state index >= 15 is 0 Å². The second kappa shape index (κ2) is 5.50. The predicted octanol–water partition coefficient (Wildman–Crippen LogP) is 2.88. The van der Waals surface area contributed by atoms with Crippen LogP contribution in [-0.2, 0) is 4.79 Å². The fourth-order valence-electron chi connectivity index (χ4n) is 2.00. The molecular formula is C16H9N3O3. The molecular weight excluding hydrogens is 282 g/mol. The third kappa shape index (κ3) is 2.55. The molecule has 0 radical (unpaired) electrons. The van der Waals surface area contributed by atoms with E-state index in [4.69, 9.17) is 14.9 Å². The molecule has 3 aromatic rings. The molecule has 0 aliphatic rings. The Morgan fingerprint density at radius 2 is 2.00 bits per heavy atom. The molecule has 2 aromatic carbocycles. The Labute approximate surface area is 124 Å². The van der Waals surface area contributed by atoms with Crippen molar-refractivity contribution in [1.82, 2.24) is 10.1 Å². The van der Waals surface area contributed by atoms with E-state index in [1.807, 2.05) is 42.5 Å². The van der Waals surface area contributed by atoms with E-state index in [0.717, 1.165) is 22.4 Å². The summed E-state index contributed by atoms with van der Waals surface area (Å²) in [5.41, 5.74) is 0.269. The van der Waals surface area contributed by atoms with Gasteiger partial charge in [0.25, 0.3) is 5.89 Å². The first-order chi connectivity index (χ1) is 10.7. The van der Waals surface area contributed by atoms with Crippen molar-refractivity contribution in [2.24, 2.45) is 0 Å². The van der Waals surface area contributed by atoms with Gasteiger partial charge >= 0.3 is 5.97 Å². The maximum Gasteiger partial charge on any atom is 0.346 e. The summed E-state index contributed by atoms with van der Waals surface area (Å²) in [6, 6.07) is 15.1. The molecule has 0 fully saturated rings. The molecule has 0 amide bonds. The predicted molar refractivity (Wildman–Crippen MR) is 78.5 cm³/mol. The van der Waals surface area contributed by atoms with Crippen molar-refractivity contribution in [2.45, 2.75) is 0 Å². The fourth-order valence-corrected chi connectivity index (χ4v) is 2.00. The quantitative estimate of drug-likeness (QED) is 0.588. The Morgan fingerprint density at radius 1 is 1.23 bits per heavy atom. The Balaban J connectivity index is 1.99. The average Bonchev–Trinajstić information content (AvgIpc) is 3.00. The van der Waals surface area contributed by atoms with Crippen LogP contribution in [0.2, 0.25) is 0 Å². The molecule has 106 valence electrons. The van der Waals surface area contributed by atoms with Crippen molar-refractivity contribution in [3.63, 3.8) is 0 Å². The molecule has 6 nitrogen and oxygen atoms in total. The van der Waals surface area contributed by atoms with Gasteiger partial charge in [-0.25, -0.2) is 4.79 Å². The van der Waals surface area contributed by atoms with Gasteiger partial charge in [0.15, 0.2) is 5.82 Å². The zero-order valence-electron chi connectivity index (χ0n) is 11.2. The third-order valence-corrected chi connectivity index (χ3v) is 3.06. The summed E-state index contributed by atoms with van der Waals surface area (Å²) in [5.74, 6) is -1.03. The first-order valence-electron chi connectivity index (χ1n) is 6.35. The molecule has 1 N–H and O–H groups in total. The van der Waals surface area contributed by atoms with Gasteiger partial charge in [0, 0.05) is 11.6 Å². The van der Waals surface area contributed by atoms with Crippen LogP contribution in [0.4, 0.5) is 0 Å². The van der Waals surface area contributed by atoms with Gasteiger partial charge in [-0.3, -0.25) is 0 Å². The molecule has 6 heteroatoms. The van der Waals surface area contributed by atoms with Gasteiger partial charge in [-0.2, -0.15) is 10.2 Å². The van der Waals surface area contributed by atoms with Gasteiger partial charge in [0.05, 0.1) is 0 Å². The summed E-state index contributed by atoms with van der Waals surface area (Å²) in [7, 11) is 0. The fraction of sp³-hybridized carbons (Fsp3) is 0. The lowest BCUT2D eigenvalue weighted by Gasteiger charge is -1.98. The summed E-state index contributed by atoms with van der Waals surface area (Å²) in [4.78, 5) is 14.9. The first-order valence-corrected chi connectivity index (χ1v) is 6.35. The van der Waals surface area contributed by atoms with E-state index in [9.17, 15) is 4.79 Å². The number of carbonyl (C=O) groups is 1. The molecule has 0 spiro atoms. The van der Waals surface area contributed by atoms with Gasteiger partial charge in [-0.15, -0.1) is 0 Å². The zero-order valence-corrected chi connectivity index (χ0v) is 11.2. The highest BCUT2D eigenvalue weighted by molar-refractivity contribution is 5.96. The highest BCUT2D eigenvalue weighted by Crippen LogP contribution is 2.23. The number of aromatic nitrogens is 2. The summed E-state index contributed by atoms with van der Waals surface area (Å²) < 4.78 is 5.12. The maximum atomic E-state index is 10.8. The van der Waals surface area contributed by atoms with E-state index in [2.05, 4.69) is 10.1 Å². The second-order valence-electron chi connectivity index (χ2n) is 4.49. The molecule has 0 aliphatic carbocycles. The summed E-state index contributed by atoms with van der Waals surface area (Å²) in [6.45, 7) is 0. The first kappa shape index (κ1) is 13.5. The van der Waals surface area contributed by atoms with Crippen LogP contribution < -0.4 is 0 Å². The molecule has 0 bridgehead atoms. The van der Waals surface area contributed by atoms with Crippen molar-refractivity contribution >= 4 is 22.8 Å². The number of fused-ring (bicyclic) bond motifs is 1. The van der Waals surface area contributed by atoms with E-state index in [-0.39, 0.29) is 11.7 Å². The number of hydrogen-bond donors (Lipinski definition) is 1. The van der Waals surface area contributed by atoms with E-state index in [1.165, 1.54) is 0 Å². The number of nitriles is 1. The van der Waals surface area contributed by atoms with Gasteiger partial charge in [-0.1, -0.05) is 35.5 Å². The van der Waals surface area contributed by atoms with Crippen LogP contribution in [0.25, 0.3) is 28.3 Å². The van der Waals surface area contributed by atoms with Crippen LogP contribution in [-0.4, -0.2) is 21.2 Å². The highest BCUT2D eigenvalue weighted by atomic mass is 16.5. The molecule has 0 unspecified atom stereocenters. The van der Waals surface area contributed by atoms with E-state index < -0.39 is 11.5 Å². The van der Waals surface area contributed by atoms with Gasteiger partial charge in [0.1, 0.15) is 11.6 Å². The number of hydrogen-bond acceptors (Lipinski definition) is 5. The molecule has 1 heterocycles. The zero-order chi connectivity index (χ0) is 15.5. The minimum absolute atomic E-state index is 0.0436. The Kier molecular flexibility index (Phi) is 3.38. The van der Waals surface area contributed by atoms with Gasteiger partial charge in [-0.05, 0) is 22.9 Å². The van der Waals surface area contributed by atoms with E-state index in [0.29, 0.717) is 0 Å². The summed E-state index contributed by atoms with van der Waals surface area (Å²) >= 11 is 0. The number of nitrogens with zero attached hydrogens (tertiary/aromatic N) is 3. The molecule has 1 aromatic heterocycles. The van der Waals surface area contributed by atoms with Crippen LogP contribution in [0.15, 0.2) is 52.6 Å². The lowest BCUT2D eigenvalue weighted by molar-refractivity contribution is -0.132. The summed E-state index contributed by atoms with van der Waals surface area (Å²) in [6.07, 6.45) is 1.07. The Bertz CT molecular complexity index is 935. The normalized spacial score (nSPS) is 11.3.